The minimum atomic E-state index is -0.686. The fourth-order valence-electron chi connectivity index (χ4n) is 2.27. The molecule has 3 N–H and O–H groups in total. The molecule has 1 aromatic carbocycles. The van der Waals surface area contributed by atoms with Gasteiger partial charge in [0.25, 0.3) is 5.91 Å². The maximum absolute atomic E-state index is 12.3. The lowest BCUT2D eigenvalue weighted by atomic mass is 10.2. The molecule has 0 atom stereocenters. The molecule has 2 aromatic heterocycles. The summed E-state index contributed by atoms with van der Waals surface area (Å²) in [5.74, 6) is -0.272. The highest BCUT2D eigenvalue weighted by Crippen LogP contribution is 2.32. The number of methoxy groups -OCH3 is 1. The molecule has 0 aliphatic rings. The normalized spacial score (nSPS) is 10.1. The fraction of sp³-hybridized carbons (Fsp3) is 0.0588. The zero-order chi connectivity index (χ0) is 20.8. The summed E-state index contributed by atoms with van der Waals surface area (Å²) < 4.78 is 5.03. The van der Waals surface area contributed by atoms with Crippen molar-refractivity contribution in [2.45, 2.75) is 0 Å². The summed E-state index contributed by atoms with van der Waals surface area (Å²) in [4.78, 5) is 34.7. The number of amides is 1. The number of carbonyl (C=O) groups is 1. The van der Waals surface area contributed by atoms with Crippen LogP contribution in [0.2, 0.25) is 5.15 Å². The Hall–Kier alpha value is -3.99. The van der Waals surface area contributed by atoms with E-state index < -0.39 is 16.5 Å². The lowest BCUT2D eigenvalue weighted by Crippen LogP contribution is -2.30. The average molecular weight is 416 g/mol. The molecule has 2 heterocycles. The highest BCUT2D eigenvalue weighted by Gasteiger charge is 2.24. The van der Waals surface area contributed by atoms with Gasteiger partial charge in [-0.1, -0.05) is 11.6 Å². The van der Waals surface area contributed by atoms with Gasteiger partial charge in [-0.15, -0.1) is 0 Å². The van der Waals surface area contributed by atoms with E-state index in [1.807, 2.05) is 0 Å². The van der Waals surface area contributed by atoms with E-state index in [1.165, 1.54) is 13.3 Å². The molecule has 12 heteroatoms. The van der Waals surface area contributed by atoms with Gasteiger partial charge in [-0.2, -0.15) is 0 Å². The van der Waals surface area contributed by atoms with Gasteiger partial charge >= 0.3 is 5.69 Å². The number of nitro groups is 1. The molecule has 0 spiro atoms. The molecular formula is C17H14ClN7O4. The van der Waals surface area contributed by atoms with Gasteiger partial charge in [0.15, 0.2) is 5.15 Å². The maximum atomic E-state index is 12.3. The molecule has 0 unspecified atom stereocenters. The highest BCUT2D eigenvalue weighted by atomic mass is 35.5. The highest BCUT2D eigenvalue weighted by molar-refractivity contribution is 6.32. The zero-order valence-corrected chi connectivity index (χ0v) is 15.7. The number of pyridine rings is 1. The van der Waals surface area contributed by atoms with Crippen LogP contribution in [0.1, 0.15) is 10.4 Å². The SMILES string of the molecule is COc1ccc(C(=O)NNc2ncnc(Nc3cccnc3Cl)c2[N+](=O)[O-])cc1. The second-order valence-corrected chi connectivity index (χ2v) is 5.81. The number of benzene rings is 1. The summed E-state index contributed by atoms with van der Waals surface area (Å²) in [6.45, 7) is 0. The number of hydrogen-bond donors (Lipinski definition) is 3. The van der Waals surface area contributed by atoms with E-state index >= 15 is 0 Å². The first-order chi connectivity index (χ1) is 14.0. The van der Waals surface area contributed by atoms with E-state index in [0.717, 1.165) is 6.33 Å². The Kier molecular flexibility index (Phi) is 6.00. The molecule has 0 fully saturated rings. The first-order valence-electron chi connectivity index (χ1n) is 8.07. The van der Waals surface area contributed by atoms with Crippen LogP contribution >= 0.6 is 11.6 Å². The predicted octanol–water partition coefficient (Wildman–Crippen LogP) is 2.94. The molecule has 0 bridgehead atoms. The Balaban J connectivity index is 1.81. The molecule has 0 saturated heterocycles. The minimum absolute atomic E-state index is 0.114. The number of aromatic nitrogens is 3. The van der Waals surface area contributed by atoms with Gasteiger partial charge in [-0.05, 0) is 36.4 Å². The second-order valence-electron chi connectivity index (χ2n) is 5.45. The number of halogens is 1. The summed E-state index contributed by atoms with van der Waals surface area (Å²) in [7, 11) is 1.51. The van der Waals surface area contributed by atoms with Gasteiger partial charge in [-0.3, -0.25) is 25.8 Å². The van der Waals surface area contributed by atoms with Crippen molar-refractivity contribution in [1.29, 1.82) is 0 Å². The lowest BCUT2D eigenvalue weighted by molar-refractivity contribution is -0.383. The van der Waals surface area contributed by atoms with Crippen LogP contribution < -0.4 is 20.9 Å². The number of ether oxygens (including phenoxy) is 1. The van der Waals surface area contributed by atoms with Crippen molar-refractivity contribution < 1.29 is 14.5 Å². The molecule has 0 aliphatic heterocycles. The Morgan fingerprint density at radius 2 is 1.86 bits per heavy atom. The summed E-state index contributed by atoms with van der Waals surface area (Å²) in [5, 5.41) is 14.4. The number of hydrazine groups is 1. The molecule has 3 rings (SSSR count). The van der Waals surface area contributed by atoms with Crippen LogP contribution in [0.4, 0.5) is 23.0 Å². The van der Waals surface area contributed by atoms with Gasteiger partial charge in [0.05, 0.1) is 17.7 Å². The Morgan fingerprint density at radius 3 is 2.52 bits per heavy atom. The minimum Gasteiger partial charge on any atom is -0.497 e. The number of anilines is 3. The summed E-state index contributed by atoms with van der Waals surface area (Å²) in [6, 6.07) is 9.50. The van der Waals surface area contributed by atoms with Gasteiger partial charge in [0.1, 0.15) is 12.1 Å². The van der Waals surface area contributed by atoms with Crippen molar-refractivity contribution in [3.63, 3.8) is 0 Å². The van der Waals surface area contributed by atoms with Crippen LogP contribution in [0.25, 0.3) is 0 Å². The van der Waals surface area contributed by atoms with Crippen molar-refractivity contribution in [3.05, 3.63) is 69.8 Å². The molecule has 29 heavy (non-hydrogen) atoms. The first-order valence-corrected chi connectivity index (χ1v) is 8.44. The van der Waals surface area contributed by atoms with E-state index in [4.69, 9.17) is 16.3 Å². The van der Waals surface area contributed by atoms with Crippen LogP contribution in [0, 0.1) is 10.1 Å². The average Bonchev–Trinajstić information content (AvgIpc) is 2.73. The largest absolute Gasteiger partial charge is 0.497 e. The van der Waals surface area contributed by atoms with Crippen LogP contribution in [0.3, 0.4) is 0 Å². The van der Waals surface area contributed by atoms with Crippen molar-refractivity contribution in [1.82, 2.24) is 20.4 Å². The van der Waals surface area contributed by atoms with Crippen LogP contribution in [-0.2, 0) is 0 Å². The molecule has 0 radical (unpaired) electrons. The molecule has 3 aromatic rings. The van der Waals surface area contributed by atoms with Gasteiger partial charge in [-0.25, -0.2) is 15.0 Å². The number of nitrogens with zero attached hydrogens (tertiary/aromatic N) is 4. The molecule has 11 nitrogen and oxygen atoms in total. The van der Waals surface area contributed by atoms with Gasteiger partial charge < -0.3 is 10.1 Å². The first kappa shape index (κ1) is 19.8. The van der Waals surface area contributed by atoms with Gasteiger partial charge in [0.2, 0.25) is 11.6 Å². The van der Waals surface area contributed by atoms with E-state index in [9.17, 15) is 14.9 Å². The number of rotatable bonds is 7. The van der Waals surface area contributed by atoms with E-state index in [1.54, 1.807) is 36.4 Å². The fourth-order valence-corrected chi connectivity index (χ4v) is 2.44. The Morgan fingerprint density at radius 1 is 1.14 bits per heavy atom. The summed E-state index contributed by atoms with van der Waals surface area (Å²) >= 11 is 5.97. The lowest BCUT2D eigenvalue weighted by Gasteiger charge is -2.11. The van der Waals surface area contributed by atoms with Crippen molar-refractivity contribution >= 4 is 40.5 Å². The molecule has 0 saturated carbocycles. The summed E-state index contributed by atoms with van der Waals surface area (Å²) in [5.41, 5.74) is 4.96. The van der Waals surface area contributed by atoms with Crippen molar-refractivity contribution in [3.8, 4) is 5.75 Å². The predicted molar refractivity (Wildman–Crippen MR) is 105 cm³/mol. The van der Waals surface area contributed by atoms with Crippen LogP contribution in [0.15, 0.2) is 48.9 Å². The maximum Gasteiger partial charge on any atom is 0.355 e. The van der Waals surface area contributed by atoms with Crippen molar-refractivity contribution in [2.75, 3.05) is 17.9 Å². The number of hydrogen-bond acceptors (Lipinski definition) is 9. The number of nitrogens with one attached hydrogen (secondary N) is 3. The molecule has 0 aliphatic carbocycles. The monoisotopic (exact) mass is 415 g/mol. The van der Waals surface area contributed by atoms with Crippen LogP contribution in [-0.4, -0.2) is 32.9 Å². The Labute approximate surface area is 169 Å². The van der Waals surface area contributed by atoms with Crippen LogP contribution in [0.5, 0.6) is 5.75 Å². The molecule has 1 amide bonds. The van der Waals surface area contributed by atoms with E-state index in [2.05, 4.69) is 31.1 Å². The van der Waals surface area contributed by atoms with Gasteiger partial charge in [0, 0.05) is 11.8 Å². The third-order valence-electron chi connectivity index (χ3n) is 3.66. The zero-order valence-electron chi connectivity index (χ0n) is 14.9. The topological polar surface area (TPSA) is 144 Å². The second kappa shape index (κ2) is 8.80. The van der Waals surface area contributed by atoms with E-state index in [0.29, 0.717) is 17.0 Å². The molecular weight excluding hydrogens is 402 g/mol. The molecule has 148 valence electrons. The third kappa shape index (κ3) is 4.65. The van der Waals surface area contributed by atoms with Crippen molar-refractivity contribution in [2.24, 2.45) is 0 Å². The quantitative estimate of drug-likeness (QED) is 0.301. The third-order valence-corrected chi connectivity index (χ3v) is 3.96. The smallest absolute Gasteiger partial charge is 0.355 e. The Bertz CT molecular complexity index is 1050. The standard InChI is InChI=1S/C17H14ClN7O4/c1-29-11-6-4-10(5-7-11)17(26)24-23-16-13(25(27)28)15(20-9-21-16)22-12-3-2-8-19-14(12)18/h2-9H,1H3,(H,24,26)(H2,20,21,22,23). The van der Waals surface area contributed by atoms with E-state index in [-0.39, 0.29) is 16.8 Å². The number of carbonyl (C=O) groups excluding carboxylic acids is 1. The summed E-state index contributed by atoms with van der Waals surface area (Å²) in [6.07, 6.45) is 2.57.